The molecule has 0 amide bonds. The van der Waals surface area contributed by atoms with E-state index in [0.29, 0.717) is 0 Å². The highest BCUT2D eigenvalue weighted by Gasteiger charge is 2.22. The molecule has 0 spiro atoms. The number of rotatable bonds is 5. The van der Waals surface area contributed by atoms with E-state index in [1.54, 1.807) is 0 Å². The zero-order chi connectivity index (χ0) is 35.6. The van der Waals surface area contributed by atoms with Gasteiger partial charge in [0.1, 0.15) is 11.2 Å². The van der Waals surface area contributed by atoms with Crippen molar-refractivity contribution in [1.29, 1.82) is 0 Å². The molecule has 0 aliphatic heterocycles. The second-order valence-electron chi connectivity index (χ2n) is 14.1. The first-order valence-corrected chi connectivity index (χ1v) is 18.5. The van der Waals surface area contributed by atoms with Crippen LogP contribution in [0.5, 0.6) is 0 Å². The van der Waals surface area contributed by atoms with Gasteiger partial charge in [-0.05, 0) is 120 Å². The molecule has 0 bridgehead atoms. The monoisotopic (exact) mass is 687 g/mol. The summed E-state index contributed by atoms with van der Waals surface area (Å²) in [7, 11) is 0. The van der Waals surface area contributed by atoms with Crippen molar-refractivity contribution in [2.75, 3.05) is 4.90 Å². The molecule has 0 atom stereocenters. The summed E-state index contributed by atoms with van der Waals surface area (Å²) in [4.78, 5) is 2.42. The molecule has 54 heavy (non-hydrogen) atoms. The van der Waals surface area contributed by atoms with Crippen molar-refractivity contribution in [1.82, 2.24) is 0 Å². The van der Waals surface area contributed by atoms with Crippen LogP contribution in [0.3, 0.4) is 0 Å². The van der Waals surface area contributed by atoms with Gasteiger partial charge in [0.15, 0.2) is 0 Å². The fourth-order valence-corrected chi connectivity index (χ4v) is 8.46. The molecular formula is C52H33NO. The van der Waals surface area contributed by atoms with Crippen molar-refractivity contribution in [3.63, 3.8) is 0 Å². The summed E-state index contributed by atoms with van der Waals surface area (Å²) < 4.78 is 6.63. The number of hydrogen-bond acceptors (Lipinski definition) is 2. The molecular weight excluding hydrogens is 655 g/mol. The zero-order valence-corrected chi connectivity index (χ0v) is 29.4. The maximum absolute atomic E-state index is 6.63. The SMILES string of the molecule is c1ccc(-c2ccc(N(c3cc(-c4cc5ccccc5c5ccccc45)c4ccccc4c3)c3cccc4oc5cc6ccccc6cc5c34)cc2)cc1. The molecule has 2 nitrogen and oxygen atoms in total. The summed E-state index contributed by atoms with van der Waals surface area (Å²) in [5.41, 5.74) is 9.77. The first-order chi connectivity index (χ1) is 26.8. The van der Waals surface area contributed by atoms with E-state index in [0.717, 1.165) is 39.0 Å². The standard InChI is InChI=1S/C52H33NO/c1-2-13-34(14-3-1)35-25-27-40(28-26-35)53(49-23-12-24-50-52(49)48-30-36-15-4-5-16-37(36)32-51(48)54-50)41-29-38-17-6-9-20-43(38)47(33-41)46-31-39-18-7-8-19-42(39)44-21-10-11-22-45(44)46/h1-33H. The Balaban J connectivity index is 1.21. The van der Waals surface area contributed by atoms with Crippen LogP contribution in [0.1, 0.15) is 0 Å². The Labute approximate surface area is 312 Å². The van der Waals surface area contributed by atoms with Crippen molar-refractivity contribution in [2.45, 2.75) is 0 Å². The quantitative estimate of drug-likeness (QED) is 0.168. The van der Waals surface area contributed by atoms with Crippen LogP contribution in [-0.2, 0) is 0 Å². The molecule has 2 heteroatoms. The van der Waals surface area contributed by atoms with E-state index < -0.39 is 0 Å². The lowest BCUT2D eigenvalue weighted by atomic mass is 9.90. The molecule has 0 saturated carbocycles. The van der Waals surface area contributed by atoms with Crippen LogP contribution in [0.15, 0.2) is 205 Å². The number of furan rings is 1. The molecule has 10 aromatic carbocycles. The molecule has 0 aliphatic carbocycles. The van der Waals surface area contributed by atoms with E-state index >= 15 is 0 Å². The minimum Gasteiger partial charge on any atom is -0.456 e. The summed E-state index contributed by atoms with van der Waals surface area (Å²) in [6, 6.07) is 72.4. The smallest absolute Gasteiger partial charge is 0.137 e. The lowest BCUT2D eigenvalue weighted by Gasteiger charge is -2.28. The summed E-state index contributed by atoms with van der Waals surface area (Å²) >= 11 is 0. The molecule has 252 valence electrons. The number of benzene rings is 10. The maximum Gasteiger partial charge on any atom is 0.137 e. The Bertz CT molecular complexity index is 3210. The van der Waals surface area contributed by atoms with Gasteiger partial charge in [-0.15, -0.1) is 0 Å². The van der Waals surface area contributed by atoms with E-state index in [4.69, 9.17) is 4.42 Å². The number of hydrogen-bond donors (Lipinski definition) is 0. The predicted octanol–water partition coefficient (Wildman–Crippen LogP) is 15.0. The van der Waals surface area contributed by atoms with Gasteiger partial charge >= 0.3 is 0 Å². The first-order valence-electron chi connectivity index (χ1n) is 18.5. The minimum atomic E-state index is 0.866. The molecule has 11 aromatic rings. The van der Waals surface area contributed by atoms with E-state index in [-0.39, 0.29) is 0 Å². The molecule has 0 N–H and O–H groups in total. The van der Waals surface area contributed by atoms with Gasteiger partial charge in [0.2, 0.25) is 0 Å². The topological polar surface area (TPSA) is 16.4 Å². The fraction of sp³-hybridized carbons (Fsp3) is 0. The average Bonchev–Trinajstić information content (AvgIpc) is 3.61. The van der Waals surface area contributed by atoms with Crippen LogP contribution >= 0.6 is 0 Å². The molecule has 0 radical (unpaired) electrons. The van der Waals surface area contributed by atoms with Gasteiger partial charge in [-0.1, -0.05) is 146 Å². The third kappa shape index (κ3) is 4.88. The lowest BCUT2D eigenvalue weighted by Crippen LogP contribution is -2.10. The van der Waals surface area contributed by atoms with Crippen molar-refractivity contribution in [3.8, 4) is 22.3 Å². The molecule has 0 aliphatic rings. The van der Waals surface area contributed by atoms with Gasteiger partial charge in [-0.3, -0.25) is 0 Å². The Morgan fingerprint density at radius 3 is 1.69 bits per heavy atom. The van der Waals surface area contributed by atoms with Crippen LogP contribution in [0, 0.1) is 0 Å². The van der Waals surface area contributed by atoms with Crippen LogP contribution in [0.2, 0.25) is 0 Å². The van der Waals surface area contributed by atoms with Gasteiger partial charge in [-0.2, -0.15) is 0 Å². The first kappa shape index (κ1) is 30.5. The minimum absolute atomic E-state index is 0.866. The summed E-state index contributed by atoms with van der Waals surface area (Å²) in [5.74, 6) is 0. The second-order valence-corrected chi connectivity index (χ2v) is 14.1. The largest absolute Gasteiger partial charge is 0.456 e. The van der Waals surface area contributed by atoms with Crippen molar-refractivity contribution in [3.05, 3.63) is 200 Å². The third-order valence-electron chi connectivity index (χ3n) is 11.0. The second kappa shape index (κ2) is 12.2. The van der Waals surface area contributed by atoms with E-state index in [2.05, 4.69) is 205 Å². The van der Waals surface area contributed by atoms with Gasteiger partial charge in [0.05, 0.1) is 11.1 Å². The highest BCUT2D eigenvalue weighted by molar-refractivity contribution is 6.19. The molecule has 11 rings (SSSR count). The zero-order valence-electron chi connectivity index (χ0n) is 29.4. The maximum atomic E-state index is 6.63. The molecule has 0 unspecified atom stereocenters. The number of fused-ring (bicyclic) bond motifs is 8. The highest BCUT2D eigenvalue weighted by atomic mass is 16.3. The van der Waals surface area contributed by atoms with Crippen molar-refractivity contribution < 1.29 is 4.42 Å². The lowest BCUT2D eigenvalue weighted by molar-refractivity contribution is 0.669. The average molecular weight is 688 g/mol. The predicted molar refractivity (Wildman–Crippen MR) is 229 cm³/mol. The fourth-order valence-electron chi connectivity index (χ4n) is 8.46. The van der Waals surface area contributed by atoms with Crippen LogP contribution < -0.4 is 4.90 Å². The van der Waals surface area contributed by atoms with E-state index in [9.17, 15) is 0 Å². The van der Waals surface area contributed by atoms with Gasteiger partial charge < -0.3 is 9.32 Å². The number of anilines is 3. The summed E-state index contributed by atoms with van der Waals surface area (Å²) in [6.07, 6.45) is 0. The Kier molecular flexibility index (Phi) is 6.90. The van der Waals surface area contributed by atoms with Crippen LogP contribution in [-0.4, -0.2) is 0 Å². The van der Waals surface area contributed by atoms with E-state index in [1.165, 1.54) is 65.3 Å². The Morgan fingerprint density at radius 2 is 0.907 bits per heavy atom. The summed E-state index contributed by atoms with van der Waals surface area (Å²) in [6.45, 7) is 0. The third-order valence-corrected chi connectivity index (χ3v) is 11.0. The van der Waals surface area contributed by atoms with Gasteiger partial charge in [0, 0.05) is 16.8 Å². The molecule has 1 heterocycles. The highest BCUT2D eigenvalue weighted by Crippen LogP contribution is 2.47. The normalized spacial score (nSPS) is 11.7. The van der Waals surface area contributed by atoms with Crippen molar-refractivity contribution >= 4 is 82.1 Å². The van der Waals surface area contributed by atoms with Crippen molar-refractivity contribution in [2.24, 2.45) is 0 Å². The Hall–Kier alpha value is -7.16. The molecule has 0 saturated heterocycles. The number of nitrogens with zero attached hydrogens (tertiary/aromatic N) is 1. The summed E-state index contributed by atoms with van der Waals surface area (Å²) in [5, 5.41) is 12.0. The molecule has 1 aromatic heterocycles. The van der Waals surface area contributed by atoms with Gasteiger partial charge in [0.25, 0.3) is 0 Å². The van der Waals surface area contributed by atoms with Crippen LogP contribution in [0.4, 0.5) is 17.1 Å². The van der Waals surface area contributed by atoms with Gasteiger partial charge in [-0.25, -0.2) is 0 Å². The molecule has 0 fully saturated rings. The van der Waals surface area contributed by atoms with Crippen LogP contribution in [0.25, 0.3) is 87.3 Å². The van der Waals surface area contributed by atoms with E-state index in [1.807, 2.05) is 0 Å². The Morgan fingerprint density at radius 1 is 0.315 bits per heavy atom.